The van der Waals surface area contributed by atoms with Gasteiger partial charge in [-0.05, 0) is 59.5 Å². The van der Waals surface area contributed by atoms with E-state index in [0.29, 0.717) is 0 Å². The van der Waals surface area contributed by atoms with E-state index in [1.165, 1.54) is 46.0 Å². The first kappa shape index (κ1) is 18.7. The number of hydrogen-bond acceptors (Lipinski definition) is 4. The van der Waals surface area contributed by atoms with E-state index in [1.54, 1.807) is 0 Å². The molecule has 1 aliphatic carbocycles. The van der Waals surface area contributed by atoms with E-state index < -0.39 is 0 Å². The van der Waals surface area contributed by atoms with Crippen LogP contribution in [0.5, 0.6) is 5.75 Å². The summed E-state index contributed by atoms with van der Waals surface area (Å²) in [7, 11) is 0. The molecular formula is C26H27N3O2. The van der Waals surface area contributed by atoms with Gasteiger partial charge < -0.3 is 15.0 Å². The van der Waals surface area contributed by atoms with Crippen LogP contribution in [0.2, 0.25) is 0 Å². The first-order valence-corrected chi connectivity index (χ1v) is 11.3. The number of aryl methyl sites for hydroxylation is 2. The van der Waals surface area contributed by atoms with Gasteiger partial charge in [0.2, 0.25) is 0 Å². The molecule has 5 heteroatoms. The summed E-state index contributed by atoms with van der Waals surface area (Å²) >= 11 is 0. The molecule has 0 saturated carbocycles. The summed E-state index contributed by atoms with van der Waals surface area (Å²) in [5.41, 5.74) is 6.46. The molecular weight excluding hydrogens is 386 g/mol. The Bertz CT molecular complexity index is 1150. The first-order valence-electron chi connectivity index (χ1n) is 11.3. The zero-order valence-electron chi connectivity index (χ0n) is 17.7. The fraction of sp³-hybridized carbons (Fsp3) is 0.346. The van der Waals surface area contributed by atoms with E-state index in [9.17, 15) is 4.79 Å². The van der Waals surface area contributed by atoms with Gasteiger partial charge in [0.25, 0.3) is 5.91 Å². The molecule has 3 aliphatic rings. The van der Waals surface area contributed by atoms with E-state index in [0.717, 1.165) is 50.6 Å². The van der Waals surface area contributed by atoms with Gasteiger partial charge in [-0.15, -0.1) is 0 Å². The number of ether oxygens (including phenoxy) is 1. The minimum atomic E-state index is -0.0798. The van der Waals surface area contributed by atoms with Gasteiger partial charge >= 0.3 is 0 Å². The Labute approximate surface area is 182 Å². The van der Waals surface area contributed by atoms with E-state index in [4.69, 9.17) is 4.74 Å². The van der Waals surface area contributed by atoms with Gasteiger partial charge in [-0.25, -0.2) is 0 Å². The Kier molecular flexibility index (Phi) is 4.57. The highest BCUT2D eigenvalue weighted by Gasteiger charge is 2.22. The number of benzene rings is 3. The Balaban J connectivity index is 1.10. The predicted molar refractivity (Wildman–Crippen MR) is 124 cm³/mol. The Hall–Kier alpha value is -3.05. The second kappa shape index (κ2) is 7.57. The fourth-order valence-corrected chi connectivity index (χ4v) is 5.29. The number of carbonyl (C=O) groups is 1. The molecule has 158 valence electrons. The molecule has 0 atom stereocenters. The molecule has 0 aromatic heterocycles. The van der Waals surface area contributed by atoms with Crippen molar-refractivity contribution in [3.63, 3.8) is 0 Å². The lowest BCUT2D eigenvalue weighted by Gasteiger charge is -2.36. The van der Waals surface area contributed by atoms with Crippen LogP contribution in [0.3, 0.4) is 0 Å². The lowest BCUT2D eigenvalue weighted by Crippen LogP contribution is -2.47. The largest absolute Gasteiger partial charge is 0.482 e. The maximum atomic E-state index is 11.6. The standard InChI is InChI=1S/C26H27N3O2/c30-25-17-31-24-9-4-18(16-22(24)27-25)10-11-28-12-14-29(15-13-28)23-8-7-20-6-5-19-2-1-3-21(23)26(19)20/h1-4,7-9,16H,5-6,10-15,17H2,(H,27,30). The van der Waals surface area contributed by atoms with Crippen LogP contribution in [-0.4, -0.2) is 50.1 Å². The number of hydrogen-bond donors (Lipinski definition) is 1. The number of rotatable bonds is 4. The van der Waals surface area contributed by atoms with Crippen LogP contribution in [0.4, 0.5) is 11.4 Å². The maximum Gasteiger partial charge on any atom is 0.262 e. The molecule has 2 heterocycles. The molecule has 0 spiro atoms. The molecule has 0 bridgehead atoms. The molecule has 1 N–H and O–H groups in total. The van der Waals surface area contributed by atoms with Crippen molar-refractivity contribution in [1.29, 1.82) is 0 Å². The van der Waals surface area contributed by atoms with Crippen LogP contribution in [0, 0.1) is 0 Å². The van der Waals surface area contributed by atoms with Crippen LogP contribution in [0.25, 0.3) is 10.8 Å². The second-order valence-electron chi connectivity index (χ2n) is 8.83. The van der Waals surface area contributed by atoms with E-state index in [1.807, 2.05) is 6.07 Å². The average molecular weight is 414 g/mol. The van der Waals surface area contributed by atoms with Crippen LogP contribution >= 0.6 is 0 Å². The minimum Gasteiger partial charge on any atom is -0.482 e. The van der Waals surface area contributed by atoms with Gasteiger partial charge in [0, 0.05) is 43.8 Å². The van der Waals surface area contributed by atoms with Gasteiger partial charge in [-0.1, -0.05) is 30.3 Å². The van der Waals surface area contributed by atoms with Gasteiger partial charge in [-0.3, -0.25) is 9.69 Å². The van der Waals surface area contributed by atoms with E-state index >= 15 is 0 Å². The first-order chi connectivity index (χ1) is 15.2. The summed E-state index contributed by atoms with van der Waals surface area (Å²) in [6.07, 6.45) is 3.34. The number of nitrogens with one attached hydrogen (secondary N) is 1. The lowest BCUT2D eigenvalue weighted by molar-refractivity contribution is -0.118. The monoisotopic (exact) mass is 413 g/mol. The highest BCUT2D eigenvalue weighted by Crippen LogP contribution is 2.37. The van der Waals surface area contributed by atoms with Crippen molar-refractivity contribution >= 4 is 28.1 Å². The van der Waals surface area contributed by atoms with Crippen LogP contribution in [0.1, 0.15) is 16.7 Å². The third-order valence-electron chi connectivity index (χ3n) is 6.96. The smallest absolute Gasteiger partial charge is 0.262 e. The molecule has 5 nitrogen and oxygen atoms in total. The Morgan fingerprint density at radius 2 is 1.77 bits per heavy atom. The number of nitrogens with zero attached hydrogens (tertiary/aromatic N) is 2. The third kappa shape index (κ3) is 3.43. The van der Waals surface area contributed by atoms with Crippen molar-refractivity contribution in [2.75, 3.05) is 49.5 Å². The highest BCUT2D eigenvalue weighted by molar-refractivity contribution is 6.00. The molecule has 0 unspecified atom stereocenters. The SMILES string of the molecule is O=C1COc2ccc(CCN3CCN(c4ccc5c6c(cccc46)CC5)CC3)cc2N1. The quantitative estimate of drug-likeness (QED) is 0.709. The summed E-state index contributed by atoms with van der Waals surface area (Å²) in [5.74, 6) is 0.686. The van der Waals surface area contributed by atoms with Crippen LogP contribution in [-0.2, 0) is 24.1 Å². The number of amides is 1. The van der Waals surface area contributed by atoms with Gasteiger partial charge in [-0.2, -0.15) is 0 Å². The van der Waals surface area contributed by atoms with Crippen LogP contribution < -0.4 is 15.0 Å². The zero-order valence-corrected chi connectivity index (χ0v) is 17.7. The molecule has 31 heavy (non-hydrogen) atoms. The molecule has 1 fully saturated rings. The molecule has 1 amide bonds. The number of carbonyl (C=O) groups excluding carboxylic acids is 1. The summed E-state index contributed by atoms with van der Waals surface area (Å²) in [5, 5.41) is 5.84. The molecule has 6 rings (SSSR count). The fourth-order valence-electron chi connectivity index (χ4n) is 5.29. The summed E-state index contributed by atoms with van der Waals surface area (Å²) < 4.78 is 5.46. The van der Waals surface area contributed by atoms with Crippen molar-refractivity contribution in [1.82, 2.24) is 4.90 Å². The summed E-state index contributed by atoms with van der Waals surface area (Å²) in [6, 6.07) is 17.6. The lowest BCUT2D eigenvalue weighted by atomic mass is 10.0. The molecule has 0 radical (unpaired) electrons. The summed E-state index contributed by atoms with van der Waals surface area (Å²) in [6.45, 7) is 5.42. The maximum absolute atomic E-state index is 11.6. The van der Waals surface area contributed by atoms with Gasteiger partial charge in [0.05, 0.1) is 5.69 Å². The van der Waals surface area contributed by atoms with Crippen LogP contribution in [0.15, 0.2) is 48.5 Å². The Morgan fingerprint density at radius 1 is 0.935 bits per heavy atom. The summed E-state index contributed by atoms with van der Waals surface area (Å²) in [4.78, 5) is 16.7. The molecule has 3 aromatic rings. The zero-order chi connectivity index (χ0) is 20.8. The van der Waals surface area contributed by atoms with Crippen molar-refractivity contribution in [3.8, 4) is 5.75 Å². The number of anilines is 2. The van der Waals surface area contributed by atoms with Gasteiger partial charge in [0.1, 0.15) is 5.75 Å². The highest BCUT2D eigenvalue weighted by atomic mass is 16.5. The Morgan fingerprint density at radius 3 is 2.65 bits per heavy atom. The molecule has 2 aliphatic heterocycles. The third-order valence-corrected chi connectivity index (χ3v) is 6.96. The number of fused-ring (bicyclic) bond motifs is 1. The van der Waals surface area contributed by atoms with E-state index in [-0.39, 0.29) is 12.5 Å². The van der Waals surface area contributed by atoms with Crippen molar-refractivity contribution in [2.24, 2.45) is 0 Å². The van der Waals surface area contributed by atoms with E-state index in [2.05, 4.69) is 57.6 Å². The van der Waals surface area contributed by atoms with Crippen molar-refractivity contribution in [3.05, 3.63) is 65.2 Å². The van der Waals surface area contributed by atoms with Crippen molar-refractivity contribution < 1.29 is 9.53 Å². The minimum absolute atomic E-state index is 0.0798. The topological polar surface area (TPSA) is 44.8 Å². The predicted octanol–water partition coefficient (Wildman–Crippen LogP) is 3.63. The van der Waals surface area contributed by atoms with Gasteiger partial charge in [0.15, 0.2) is 6.61 Å². The van der Waals surface area contributed by atoms with Crippen molar-refractivity contribution in [2.45, 2.75) is 19.3 Å². The average Bonchev–Trinajstić information content (AvgIpc) is 3.23. The second-order valence-corrected chi connectivity index (χ2v) is 8.83. The number of piperazine rings is 1. The molecule has 3 aromatic carbocycles. The normalized spacial score (nSPS) is 18.1. The molecule has 1 saturated heterocycles.